The summed E-state index contributed by atoms with van der Waals surface area (Å²) in [6, 6.07) is 7.79. The van der Waals surface area contributed by atoms with E-state index in [1.165, 1.54) is 32.4 Å². The van der Waals surface area contributed by atoms with E-state index >= 15 is 0 Å². The molecule has 8 nitrogen and oxygen atoms in total. The van der Waals surface area contributed by atoms with Crippen LogP contribution < -0.4 is 19.5 Å². The Morgan fingerprint density at radius 1 is 1.14 bits per heavy atom. The summed E-state index contributed by atoms with van der Waals surface area (Å²) in [4.78, 5) is 16.6. The van der Waals surface area contributed by atoms with Crippen molar-refractivity contribution in [3.63, 3.8) is 0 Å². The highest BCUT2D eigenvalue weighted by atomic mass is 32.2. The number of hydrogen-bond acceptors (Lipinski definition) is 6. The molecule has 1 fully saturated rings. The van der Waals surface area contributed by atoms with E-state index in [1.54, 1.807) is 18.3 Å². The van der Waals surface area contributed by atoms with Crippen LogP contribution in [0.15, 0.2) is 41.4 Å². The fraction of sp³-hybridized carbons (Fsp3) is 0.400. The molecule has 0 radical (unpaired) electrons. The fourth-order valence-electron chi connectivity index (χ4n) is 3.28. The zero-order valence-electron chi connectivity index (χ0n) is 16.5. The molecule has 3 rings (SSSR count). The maximum absolute atomic E-state index is 12.8. The molecule has 29 heavy (non-hydrogen) atoms. The molecule has 9 heteroatoms. The molecule has 1 saturated carbocycles. The van der Waals surface area contributed by atoms with Crippen molar-refractivity contribution in [3.8, 4) is 11.6 Å². The van der Waals surface area contributed by atoms with Crippen LogP contribution in [0.25, 0.3) is 0 Å². The second kappa shape index (κ2) is 9.23. The van der Waals surface area contributed by atoms with Gasteiger partial charge in [0.2, 0.25) is 15.9 Å². The van der Waals surface area contributed by atoms with Crippen molar-refractivity contribution in [2.75, 3.05) is 14.2 Å². The van der Waals surface area contributed by atoms with E-state index in [2.05, 4.69) is 15.0 Å². The van der Waals surface area contributed by atoms with E-state index < -0.39 is 10.0 Å². The van der Waals surface area contributed by atoms with Crippen molar-refractivity contribution in [3.05, 3.63) is 47.7 Å². The number of pyridine rings is 1. The smallest absolute Gasteiger partial charge is 0.251 e. The average molecular weight is 420 g/mol. The van der Waals surface area contributed by atoms with E-state index in [1.807, 2.05) is 0 Å². The predicted molar refractivity (Wildman–Crippen MR) is 108 cm³/mol. The van der Waals surface area contributed by atoms with Gasteiger partial charge in [-0.25, -0.2) is 18.1 Å². The van der Waals surface area contributed by atoms with Crippen molar-refractivity contribution >= 4 is 15.9 Å². The molecule has 0 bridgehead atoms. The number of rotatable bonds is 8. The van der Waals surface area contributed by atoms with Crippen LogP contribution in [0.4, 0.5) is 0 Å². The summed E-state index contributed by atoms with van der Waals surface area (Å²) < 4.78 is 38.6. The van der Waals surface area contributed by atoms with Gasteiger partial charge in [0, 0.05) is 30.4 Å². The first-order valence-corrected chi connectivity index (χ1v) is 10.9. The lowest BCUT2D eigenvalue weighted by molar-refractivity contribution is 0.0950. The molecule has 0 saturated heterocycles. The molecule has 2 N–H and O–H groups in total. The summed E-state index contributed by atoms with van der Waals surface area (Å²) in [5.74, 6) is 0.298. The molecular weight excluding hydrogens is 394 g/mol. The van der Waals surface area contributed by atoms with Gasteiger partial charge in [0.05, 0.1) is 14.2 Å². The summed E-state index contributed by atoms with van der Waals surface area (Å²) in [5, 5.41) is 2.77. The van der Waals surface area contributed by atoms with Gasteiger partial charge in [0.25, 0.3) is 5.91 Å². The molecule has 0 aliphatic heterocycles. The van der Waals surface area contributed by atoms with Gasteiger partial charge in [-0.3, -0.25) is 4.79 Å². The number of nitrogens with zero attached hydrogens (tertiary/aromatic N) is 1. The normalized spacial score (nSPS) is 14.6. The first kappa shape index (κ1) is 21.1. The number of ether oxygens (including phenoxy) is 2. The standard InChI is InChI=1S/C20H25N3O5S/c1-27-17-9-8-15(11-18(17)29(25,26)23-16-5-3-4-6-16)20(24)22-13-14-7-10-19(28-2)21-12-14/h7-12,16,23H,3-6,13H2,1-2H3,(H,22,24). The second-order valence-corrected chi connectivity index (χ2v) is 8.54. The third-order valence-corrected chi connectivity index (χ3v) is 6.39. The lowest BCUT2D eigenvalue weighted by Gasteiger charge is -2.16. The van der Waals surface area contributed by atoms with Crippen LogP contribution in [0.1, 0.15) is 41.6 Å². The zero-order valence-corrected chi connectivity index (χ0v) is 17.3. The Bertz CT molecular complexity index is 955. The van der Waals surface area contributed by atoms with Gasteiger partial charge in [-0.1, -0.05) is 18.9 Å². The maximum Gasteiger partial charge on any atom is 0.251 e. The first-order valence-electron chi connectivity index (χ1n) is 9.40. The quantitative estimate of drug-likeness (QED) is 0.680. The van der Waals surface area contributed by atoms with Crippen molar-refractivity contribution in [1.29, 1.82) is 0 Å². The van der Waals surface area contributed by atoms with Crippen molar-refractivity contribution in [1.82, 2.24) is 15.0 Å². The van der Waals surface area contributed by atoms with Gasteiger partial charge in [-0.05, 0) is 36.6 Å². The summed E-state index contributed by atoms with van der Waals surface area (Å²) in [5.41, 5.74) is 1.03. The van der Waals surface area contributed by atoms with Crippen LogP contribution >= 0.6 is 0 Å². The third kappa shape index (κ3) is 5.24. The first-order chi connectivity index (χ1) is 13.9. The Hall–Kier alpha value is -2.65. The Morgan fingerprint density at radius 2 is 1.90 bits per heavy atom. The average Bonchev–Trinajstić information content (AvgIpc) is 3.24. The van der Waals surface area contributed by atoms with E-state index in [9.17, 15) is 13.2 Å². The number of carbonyl (C=O) groups is 1. The van der Waals surface area contributed by atoms with Gasteiger partial charge in [-0.2, -0.15) is 0 Å². The van der Waals surface area contributed by atoms with Gasteiger partial charge >= 0.3 is 0 Å². The van der Waals surface area contributed by atoms with E-state index in [0.29, 0.717) is 5.88 Å². The molecule has 0 spiro atoms. The highest BCUT2D eigenvalue weighted by Crippen LogP contribution is 2.27. The zero-order chi connectivity index (χ0) is 20.9. The number of carbonyl (C=O) groups excluding carboxylic acids is 1. The lowest BCUT2D eigenvalue weighted by atomic mass is 10.2. The largest absolute Gasteiger partial charge is 0.495 e. The predicted octanol–water partition coefficient (Wildman–Crippen LogP) is 2.25. The molecule has 1 aliphatic carbocycles. The highest BCUT2D eigenvalue weighted by molar-refractivity contribution is 7.89. The van der Waals surface area contributed by atoms with Crippen LogP contribution in [0, 0.1) is 0 Å². The number of benzene rings is 1. The van der Waals surface area contributed by atoms with Crippen LogP contribution in [0.3, 0.4) is 0 Å². The molecule has 1 aromatic heterocycles. The van der Waals surface area contributed by atoms with Gasteiger partial charge in [-0.15, -0.1) is 0 Å². The molecule has 156 valence electrons. The van der Waals surface area contributed by atoms with Crippen LogP contribution in [-0.4, -0.2) is 39.6 Å². The van der Waals surface area contributed by atoms with Crippen molar-refractivity contribution in [2.45, 2.75) is 43.2 Å². The molecule has 2 aromatic rings. The van der Waals surface area contributed by atoms with Crippen LogP contribution in [0.2, 0.25) is 0 Å². The summed E-state index contributed by atoms with van der Waals surface area (Å²) in [7, 11) is -0.865. The highest BCUT2D eigenvalue weighted by Gasteiger charge is 2.26. The molecule has 0 atom stereocenters. The number of amides is 1. The molecule has 1 amide bonds. The Balaban J connectivity index is 1.75. The molecular formula is C20H25N3O5S. The summed E-state index contributed by atoms with van der Waals surface area (Å²) in [6.07, 6.45) is 5.25. The van der Waals surface area contributed by atoms with Gasteiger partial charge in [0.15, 0.2) is 0 Å². The lowest BCUT2D eigenvalue weighted by Crippen LogP contribution is -2.33. The molecule has 1 aliphatic rings. The van der Waals surface area contributed by atoms with E-state index in [0.717, 1.165) is 31.2 Å². The topological polar surface area (TPSA) is 107 Å². The minimum absolute atomic E-state index is 0.0364. The molecule has 0 unspecified atom stereocenters. The van der Waals surface area contributed by atoms with Gasteiger partial charge < -0.3 is 14.8 Å². The number of hydrogen-bond donors (Lipinski definition) is 2. The number of nitrogens with one attached hydrogen (secondary N) is 2. The number of sulfonamides is 1. The van der Waals surface area contributed by atoms with Crippen molar-refractivity contribution in [2.24, 2.45) is 0 Å². The van der Waals surface area contributed by atoms with Crippen LogP contribution in [0.5, 0.6) is 11.6 Å². The molecule has 1 heterocycles. The minimum Gasteiger partial charge on any atom is -0.495 e. The SMILES string of the molecule is COc1ccc(CNC(=O)c2ccc(OC)c(S(=O)(=O)NC3CCCC3)c2)cn1. The molecule has 1 aromatic carbocycles. The maximum atomic E-state index is 12.8. The minimum atomic E-state index is -3.80. The van der Waals surface area contributed by atoms with E-state index in [4.69, 9.17) is 9.47 Å². The fourth-order valence-corrected chi connectivity index (χ4v) is 4.78. The van der Waals surface area contributed by atoms with Crippen LogP contribution in [-0.2, 0) is 16.6 Å². The third-order valence-electron chi connectivity index (χ3n) is 4.85. The summed E-state index contributed by atoms with van der Waals surface area (Å²) >= 11 is 0. The number of aromatic nitrogens is 1. The van der Waals surface area contributed by atoms with Gasteiger partial charge in [0.1, 0.15) is 10.6 Å². The Morgan fingerprint density at radius 3 is 2.52 bits per heavy atom. The number of methoxy groups -OCH3 is 2. The second-order valence-electron chi connectivity index (χ2n) is 6.86. The Kier molecular flexibility index (Phi) is 6.71. The summed E-state index contributed by atoms with van der Waals surface area (Å²) in [6.45, 7) is 0.254. The van der Waals surface area contributed by atoms with E-state index in [-0.39, 0.29) is 34.7 Å². The van der Waals surface area contributed by atoms with Crippen molar-refractivity contribution < 1.29 is 22.7 Å². The Labute approximate surface area is 170 Å². The monoisotopic (exact) mass is 419 g/mol.